The molecule has 29 heavy (non-hydrogen) atoms. The summed E-state index contributed by atoms with van der Waals surface area (Å²) in [5, 5.41) is 20.9. The summed E-state index contributed by atoms with van der Waals surface area (Å²) in [5.74, 6) is -0.175. The van der Waals surface area contributed by atoms with E-state index in [0.717, 1.165) is 13.9 Å². The number of nitro groups is 1. The van der Waals surface area contributed by atoms with Crippen LogP contribution in [0, 0.1) is 21.4 Å². The lowest BCUT2D eigenvalue weighted by atomic mass is 10.0. The van der Waals surface area contributed by atoms with Crippen LogP contribution in [-0.2, 0) is 0 Å². The van der Waals surface area contributed by atoms with Gasteiger partial charge in [-0.05, 0) is 42.0 Å². The number of hydrogen-bond acceptors (Lipinski definition) is 6. The first-order valence-electron chi connectivity index (χ1n) is 8.22. The van der Waals surface area contributed by atoms with E-state index < -0.39 is 22.3 Å². The van der Waals surface area contributed by atoms with Gasteiger partial charge < -0.3 is 5.73 Å². The monoisotopic (exact) mass is 410 g/mol. The maximum atomic E-state index is 13.1. The van der Waals surface area contributed by atoms with Crippen LogP contribution in [0.1, 0.15) is 11.6 Å². The summed E-state index contributed by atoms with van der Waals surface area (Å²) < 4.78 is 2.91. The van der Waals surface area contributed by atoms with Gasteiger partial charge in [0.15, 0.2) is 0 Å². The summed E-state index contributed by atoms with van der Waals surface area (Å²) >= 11 is 5.87. The molecule has 4 rings (SSSR count). The van der Waals surface area contributed by atoms with E-state index in [-0.39, 0.29) is 22.8 Å². The molecular formula is C18H11ClN6O4. The van der Waals surface area contributed by atoms with Gasteiger partial charge >= 0.3 is 11.4 Å². The minimum atomic E-state index is -0.991. The quantitative estimate of drug-likeness (QED) is 0.513. The third kappa shape index (κ3) is 2.64. The number of rotatable bonds is 3. The molecule has 0 fully saturated rings. The van der Waals surface area contributed by atoms with Gasteiger partial charge in [-0.1, -0.05) is 11.6 Å². The first-order chi connectivity index (χ1) is 13.8. The largest absolute Gasteiger partial charge is 0.383 e. The Labute approximate surface area is 167 Å². The molecule has 10 nitrogen and oxygen atoms in total. The second-order valence-electron chi connectivity index (χ2n) is 6.20. The van der Waals surface area contributed by atoms with Gasteiger partial charge in [-0.25, -0.2) is 18.8 Å². The first-order valence-corrected chi connectivity index (χ1v) is 8.60. The zero-order valence-corrected chi connectivity index (χ0v) is 15.3. The van der Waals surface area contributed by atoms with Crippen LogP contribution in [0.2, 0.25) is 5.02 Å². The van der Waals surface area contributed by atoms with Crippen LogP contribution < -0.4 is 17.1 Å². The fourth-order valence-corrected chi connectivity index (χ4v) is 3.42. The molecule has 0 amide bonds. The summed E-state index contributed by atoms with van der Waals surface area (Å²) in [4.78, 5) is 36.4. The van der Waals surface area contributed by atoms with E-state index in [1.165, 1.54) is 48.5 Å². The van der Waals surface area contributed by atoms with Crippen LogP contribution in [-0.4, -0.2) is 18.9 Å². The number of hydrogen-bond donors (Lipinski definition) is 1. The highest BCUT2D eigenvalue weighted by Crippen LogP contribution is 2.32. The van der Waals surface area contributed by atoms with E-state index in [0.29, 0.717) is 10.6 Å². The molecule has 3 aromatic rings. The number of benzene rings is 2. The number of nitriles is 1. The van der Waals surface area contributed by atoms with Gasteiger partial charge in [-0.2, -0.15) is 9.94 Å². The minimum Gasteiger partial charge on any atom is -0.383 e. The SMILES string of the molecule is N#CC1=C(N)n2c(=O)n(-c3ccc(Cl)cc3)c(=O)n2C1c1ccc([N+](=O)[O-])cc1. The van der Waals surface area contributed by atoms with E-state index in [2.05, 4.69) is 0 Å². The van der Waals surface area contributed by atoms with Crippen LogP contribution in [0.4, 0.5) is 5.69 Å². The average molecular weight is 411 g/mol. The predicted octanol–water partition coefficient (Wildman–Crippen LogP) is 1.62. The van der Waals surface area contributed by atoms with Crippen LogP contribution in [0.25, 0.3) is 11.5 Å². The molecular weight excluding hydrogens is 400 g/mol. The van der Waals surface area contributed by atoms with Gasteiger partial charge in [0.25, 0.3) is 5.69 Å². The number of allylic oxidation sites excluding steroid dienone is 1. The normalized spacial score (nSPS) is 15.2. The highest BCUT2D eigenvalue weighted by molar-refractivity contribution is 6.30. The zero-order valence-electron chi connectivity index (χ0n) is 14.5. The van der Waals surface area contributed by atoms with Crippen molar-refractivity contribution in [2.45, 2.75) is 6.04 Å². The van der Waals surface area contributed by atoms with Crippen molar-refractivity contribution in [2.75, 3.05) is 0 Å². The Morgan fingerprint density at radius 3 is 2.24 bits per heavy atom. The van der Waals surface area contributed by atoms with E-state index in [1.807, 2.05) is 6.07 Å². The number of fused-ring (bicyclic) bond motifs is 1. The Hall–Kier alpha value is -4.10. The van der Waals surface area contributed by atoms with Gasteiger partial charge in [-0.3, -0.25) is 10.1 Å². The Morgan fingerprint density at radius 2 is 1.69 bits per heavy atom. The Balaban J connectivity index is 1.96. The number of nitrogens with zero attached hydrogens (tertiary/aromatic N) is 5. The maximum Gasteiger partial charge on any atom is 0.358 e. The number of aromatic nitrogens is 3. The molecule has 1 atom stereocenters. The lowest BCUT2D eigenvalue weighted by molar-refractivity contribution is -0.384. The van der Waals surface area contributed by atoms with Gasteiger partial charge in [0, 0.05) is 17.2 Å². The van der Waals surface area contributed by atoms with Crippen LogP contribution in [0.15, 0.2) is 63.7 Å². The molecule has 11 heteroatoms. The third-order valence-corrected chi connectivity index (χ3v) is 4.87. The summed E-state index contributed by atoms with van der Waals surface area (Å²) in [7, 11) is 0. The van der Waals surface area contributed by atoms with E-state index in [4.69, 9.17) is 17.3 Å². The maximum absolute atomic E-state index is 13.1. The first kappa shape index (κ1) is 18.3. The number of halogens is 1. The summed E-state index contributed by atoms with van der Waals surface area (Å²) in [6.45, 7) is 0. The number of non-ortho nitro benzene ring substituents is 1. The van der Waals surface area contributed by atoms with Gasteiger partial charge in [-0.15, -0.1) is 0 Å². The zero-order chi connectivity index (χ0) is 20.9. The Morgan fingerprint density at radius 1 is 1.07 bits per heavy atom. The van der Waals surface area contributed by atoms with Crippen molar-refractivity contribution in [2.24, 2.45) is 5.73 Å². The highest BCUT2D eigenvalue weighted by atomic mass is 35.5. The van der Waals surface area contributed by atoms with Crippen molar-refractivity contribution in [3.63, 3.8) is 0 Å². The minimum absolute atomic E-state index is 0.00342. The molecule has 1 unspecified atom stereocenters. The molecule has 0 saturated carbocycles. The van der Waals surface area contributed by atoms with Crippen molar-refractivity contribution in [1.82, 2.24) is 13.9 Å². The van der Waals surface area contributed by atoms with E-state index in [1.54, 1.807) is 0 Å². The second-order valence-corrected chi connectivity index (χ2v) is 6.63. The molecule has 1 aromatic heterocycles. The fraction of sp³-hybridized carbons (Fsp3) is 0.0556. The molecule has 0 aliphatic carbocycles. The molecule has 0 radical (unpaired) electrons. The van der Waals surface area contributed by atoms with Crippen molar-refractivity contribution in [3.8, 4) is 11.8 Å². The van der Waals surface area contributed by atoms with Gasteiger partial charge in [0.1, 0.15) is 23.5 Å². The molecule has 0 bridgehead atoms. The standard InChI is InChI=1S/C18H11ClN6O4/c19-11-3-7-12(8-4-11)22-17(26)23-15(10-1-5-13(6-2-10)25(28)29)14(9-20)16(21)24(23)18(22)27/h1-8,15H,21H2. The Kier molecular flexibility index (Phi) is 4.10. The molecule has 2 heterocycles. The fourth-order valence-electron chi connectivity index (χ4n) is 3.29. The predicted molar refractivity (Wildman–Crippen MR) is 104 cm³/mol. The topological polar surface area (TPSA) is 142 Å². The third-order valence-electron chi connectivity index (χ3n) is 4.62. The summed E-state index contributed by atoms with van der Waals surface area (Å²) in [6, 6.07) is 12.4. The second kappa shape index (κ2) is 6.50. The molecule has 144 valence electrons. The van der Waals surface area contributed by atoms with E-state index >= 15 is 0 Å². The molecule has 1 aliphatic rings. The van der Waals surface area contributed by atoms with Crippen LogP contribution in [0.5, 0.6) is 0 Å². The molecule has 1 aliphatic heterocycles. The smallest absolute Gasteiger partial charge is 0.358 e. The summed E-state index contributed by atoms with van der Waals surface area (Å²) in [5.41, 5.74) is 5.09. The summed E-state index contributed by atoms with van der Waals surface area (Å²) in [6.07, 6.45) is 0. The molecule has 2 aromatic carbocycles. The average Bonchev–Trinajstić information content (AvgIpc) is 3.14. The molecule has 0 saturated heterocycles. The molecule has 2 N–H and O–H groups in total. The van der Waals surface area contributed by atoms with Crippen molar-refractivity contribution in [1.29, 1.82) is 5.26 Å². The number of nitrogens with two attached hydrogens (primary N) is 1. The lowest BCUT2D eigenvalue weighted by Crippen LogP contribution is -2.30. The van der Waals surface area contributed by atoms with E-state index in [9.17, 15) is 25.0 Å². The van der Waals surface area contributed by atoms with Crippen molar-refractivity contribution < 1.29 is 4.92 Å². The Bertz CT molecular complexity index is 1340. The van der Waals surface area contributed by atoms with Crippen molar-refractivity contribution >= 4 is 23.1 Å². The van der Waals surface area contributed by atoms with Crippen molar-refractivity contribution in [3.05, 3.63) is 95.8 Å². The number of nitro benzene ring substituents is 1. The highest BCUT2D eigenvalue weighted by Gasteiger charge is 2.36. The van der Waals surface area contributed by atoms with Crippen LogP contribution in [0.3, 0.4) is 0 Å². The lowest BCUT2D eigenvalue weighted by Gasteiger charge is -2.12. The van der Waals surface area contributed by atoms with Gasteiger partial charge in [0.05, 0.1) is 10.6 Å². The van der Waals surface area contributed by atoms with Crippen LogP contribution >= 0.6 is 11.6 Å². The van der Waals surface area contributed by atoms with Gasteiger partial charge in [0.2, 0.25) is 0 Å². The molecule has 0 spiro atoms.